The van der Waals surface area contributed by atoms with Crippen molar-refractivity contribution in [1.82, 2.24) is 34.7 Å². The van der Waals surface area contributed by atoms with E-state index < -0.39 is 0 Å². The Kier molecular flexibility index (Phi) is 7.20. The third-order valence-corrected chi connectivity index (χ3v) is 6.91. The number of benzene rings is 1. The van der Waals surface area contributed by atoms with Gasteiger partial charge in [-0.3, -0.25) is 19.1 Å². The molecule has 1 atom stereocenters. The van der Waals surface area contributed by atoms with Gasteiger partial charge in [-0.15, -0.1) is 0 Å². The van der Waals surface area contributed by atoms with Crippen LogP contribution in [0.4, 0.5) is 5.82 Å². The van der Waals surface area contributed by atoms with Crippen LogP contribution >= 0.6 is 0 Å². The normalized spacial score (nSPS) is 16.1. The van der Waals surface area contributed by atoms with Gasteiger partial charge in [0.15, 0.2) is 11.5 Å². The number of carbonyl (C=O) groups excluding carboxylic acids is 2. The number of nitrogens with one attached hydrogen (secondary N) is 1. The second-order valence-electron chi connectivity index (χ2n) is 9.49. The fourth-order valence-corrected chi connectivity index (χ4v) is 4.90. The van der Waals surface area contributed by atoms with Gasteiger partial charge in [-0.25, -0.2) is 9.97 Å². The molecule has 0 aliphatic carbocycles. The summed E-state index contributed by atoms with van der Waals surface area (Å²) in [7, 11) is 0. The minimum absolute atomic E-state index is 0.105. The molecule has 2 aliphatic rings. The first-order valence-corrected chi connectivity index (χ1v) is 13.1. The highest BCUT2D eigenvalue weighted by Crippen LogP contribution is 2.32. The molecule has 2 aliphatic heterocycles. The van der Waals surface area contributed by atoms with Crippen LogP contribution in [0.2, 0.25) is 0 Å². The van der Waals surface area contributed by atoms with Crippen LogP contribution in [0.1, 0.15) is 22.5 Å². The maximum Gasteiger partial charge on any atom is 0.272 e. The molecule has 1 unspecified atom stereocenters. The van der Waals surface area contributed by atoms with Gasteiger partial charge in [0.25, 0.3) is 5.91 Å². The van der Waals surface area contributed by atoms with Crippen molar-refractivity contribution in [3.63, 3.8) is 0 Å². The van der Waals surface area contributed by atoms with Gasteiger partial charge in [0.1, 0.15) is 17.8 Å². The largest absolute Gasteiger partial charge is 0.454 e. The highest BCUT2D eigenvalue weighted by atomic mass is 16.7. The fourth-order valence-electron chi connectivity index (χ4n) is 4.90. The molecule has 3 aromatic heterocycles. The first kappa shape index (κ1) is 25.3. The fraction of sp³-hybridized carbons (Fsp3) is 0.286. The first-order chi connectivity index (χ1) is 19.6. The Hall–Kier alpha value is -5.00. The molecule has 0 radical (unpaired) electrons. The first-order valence-electron chi connectivity index (χ1n) is 13.1. The SMILES string of the molecule is O=C(CC1CN(C(=O)c2ccccn2)CCN1c1ccnc(-n2ccnc2)n1)NCCc1ccc2c(c1)OCO2. The van der Waals surface area contributed by atoms with Gasteiger partial charge in [0.2, 0.25) is 18.6 Å². The minimum Gasteiger partial charge on any atom is -0.454 e. The van der Waals surface area contributed by atoms with Crippen LogP contribution in [-0.4, -0.2) is 80.2 Å². The zero-order valence-corrected chi connectivity index (χ0v) is 21.7. The van der Waals surface area contributed by atoms with Crippen molar-refractivity contribution in [1.29, 1.82) is 0 Å². The number of pyridine rings is 1. The number of hydrogen-bond donors (Lipinski definition) is 1. The maximum absolute atomic E-state index is 13.2. The molecule has 204 valence electrons. The smallest absolute Gasteiger partial charge is 0.272 e. The Morgan fingerprint density at radius 2 is 1.93 bits per heavy atom. The number of carbonyl (C=O) groups is 2. The second kappa shape index (κ2) is 11.4. The summed E-state index contributed by atoms with van der Waals surface area (Å²) in [4.78, 5) is 47.5. The molecule has 5 heterocycles. The third-order valence-electron chi connectivity index (χ3n) is 6.91. The molecule has 0 spiro atoms. The van der Waals surface area contributed by atoms with E-state index in [1.54, 1.807) is 58.8 Å². The topological polar surface area (TPSA) is 128 Å². The monoisotopic (exact) mass is 540 g/mol. The molecule has 2 amide bonds. The van der Waals surface area contributed by atoms with E-state index >= 15 is 0 Å². The van der Waals surface area contributed by atoms with E-state index in [0.717, 1.165) is 17.1 Å². The number of rotatable bonds is 8. The van der Waals surface area contributed by atoms with Crippen LogP contribution < -0.4 is 19.7 Å². The number of amides is 2. The summed E-state index contributed by atoms with van der Waals surface area (Å²) in [5, 5.41) is 3.03. The third kappa shape index (κ3) is 5.55. The summed E-state index contributed by atoms with van der Waals surface area (Å²) in [5.41, 5.74) is 1.43. The minimum atomic E-state index is -0.294. The van der Waals surface area contributed by atoms with Gasteiger partial charge >= 0.3 is 0 Å². The lowest BCUT2D eigenvalue weighted by Gasteiger charge is -2.41. The second-order valence-corrected chi connectivity index (χ2v) is 9.49. The number of hydrogen-bond acceptors (Lipinski definition) is 9. The van der Waals surface area contributed by atoms with E-state index in [-0.39, 0.29) is 31.1 Å². The van der Waals surface area contributed by atoms with Gasteiger partial charge in [-0.1, -0.05) is 12.1 Å². The maximum atomic E-state index is 13.2. The molecule has 0 bridgehead atoms. The molecule has 4 aromatic rings. The van der Waals surface area contributed by atoms with Gasteiger partial charge in [0, 0.05) is 57.4 Å². The molecule has 1 fully saturated rings. The highest BCUT2D eigenvalue weighted by Gasteiger charge is 2.33. The molecule has 1 saturated heterocycles. The Labute approximate surface area is 230 Å². The van der Waals surface area contributed by atoms with Crippen LogP contribution in [0.25, 0.3) is 5.95 Å². The van der Waals surface area contributed by atoms with Crippen LogP contribution in [0.3, 0.4) is 0 Å². The van der Waals surface area contributed by atoms with Crippen molar-refractivity contribution < 1.29 is 19.1 Å². The Morgan fingerprint density at radius 1 is 1.00 bits per heavy atom. The van der Waals surface area contributed by atoms with E-state index in [2.05, 4.69) is 25.2 Å². The van der Waals surface area contributed by atoms with Gasteiger partial charge in [-0.05, 0) is 42.3 Å². The average Bonchev–Trinajstić information content (AvgIpc) is 3.70. The van der Waals surface area contributed by atoms with E-state index in [0.29, 0.717) is 50.1 Å². The van der Waals surface area contributed by atoms with Crippen molar-refractivity contribution in [3.8, 4) is 17.4 Å². The zero-order valence-electron chi connectivity index (χ0n) is 21.7. The van der Waals surface area contributed by atoms with Crippen LogP contribution in [0.5, 0.6) is 11.5 Å². The molecule has 0 saturated carbocycles. The van der Waals surface area contributed by atoms with Gasteiger partial charge in [-0.2, -0.15) is 4.98 Å². The molecule has 12 heteroatoms. The van der Waals surface area contributed by atoms with Gasteiger partial charge in [0.05, 0.1) is 6.04 Å². The molecular weight excluding hydrogens is 512 g/mol. The lowest BCUT2D eigenvalue weighted by molar-refractivity contribution is -0.121. The van der Waals surface area contributed by atoms with E-state index in [1.165, 1.54) is 0 Å². The summed E-state index contributed by atoms with van der Waals surface area (Å²) in [6.07, 6.45) is 9.20. The van der Waals surface area contributed by atoms with Crippen LogP contribution in [0.15, 0.2) is 73.6 Å². The number of ether oxygens (including phenoxy) is 2. The van der Waals surface area contributed by atoms with Crippen LogP contribution in [-0.2, 0) is 11.2 Å². The molecule has 40 heavy (non-hydrogen) atoms. The van der Waals surface area contributed by atoms with E-state index in [1.807, 2.05) is 24.3 Å². The Bertz CT molecular complexity index is 1480. The number of anilines is 1. The Morgan fingerprint density at radius 3 is 2.77 bits per heavy atom. The van der Waals surface area contributed by atoms with Gasteiger partial charge < -0.3 is 24.6 Å². The number of aromatic nitrogens is 5. The van der Waals surface area contributed by atoms with Crippen molar-refractivity contribution >= 4 is 17.6 Å². The molecule has 6 rings (SSSR count). The summed E-state index contributed by atoms with van der Waals surface area (Å²) in [5.74, 6) is 2.35. The predicted molar refractivity (Wildman–Crippen MR) is 144 cm³/mol. The molecular formula is C28H28N8O4. The quantitative estimate of drug-likeness (QED) is 0.356. The van der Waals surface area contributed by atoms with Crippen molar-refractivity contribution in [2.45, 2.75) is 18.9 Å². The number of nitrogens with zero attached hydrogens (tertiary/aromatic N) is 7. The van der Waals surface area contributed by atoms with Crippen molar-refractivity contribution in [2.24, 2.45) is 0 Å². The summed E-state index contributed by atoms with van der Waals surface area (Å²) in [6.45, 7) is 2.04. The number of imidazole rings is 1. The highest BCUT2D eigenvalue weighted by molar-refractivity contribution is 5.92. The predicted octanol–water partition coefficient (Wildman–Crippen LogP) is 1.87. The zero-order chi connectivity index (χ0) is 27.3. The number of fused-ring (bicyclic) bond motifs is 1. The average molecular weight is 541 g/mol. The van der Waals surface area contributed by atoms with Crippen molar-refractivity contribution in [2.75, 3.05) is 37.9 Å². The molecule has 1 aromatic carbocycles. The van der Waals surface area contributed by atoms with Crippen molar-refractivity contribution in [3.05, 3.63) is 84.8 Å². The lowest BCUT2D eigenvalue weighted by Crippen LogP contribution is -2.56. The molecule has 1 N–H and O–H groups in total. The van der Waals surface area contributed by atoms with E-state index in [4.69, 9.17) is 14.5 Å². The summed E-state index contributed by atoms with van der Waals surface area (Å²) in [6, 6.07) is 12.6. The summed E-state index contributed by atoms with van der Waals surface area (Å²) >= 11 is 0. The molecule has 12 nitrogen and oxygen atoms in total. The van der Waals surface area contributed by atoms with Crippen LogP contribution in [0, 0.1) is 0 Å². The summed E-state index contributed by atoms with van der Waals surface area (Å²) < 4.78 is 12.5. The Balaban J connectivity index is 1.15. The van der Waals surface area contributed by atoms with E-state index in [9.17, 15) is 9.59 Å². The standard InChI is InChI=1S/C28H28N8O4/c37-26(31-9-6-20-4-5-23-24(15-20)40-19-39-23)16-21-17-34(27(38)22-3-1-2-8-30-22)13-14-36(21)25-7-10-32-28(33-25)35-12-11-29-18-35/h1-5,7-8,10-12,15,18,21H,6,9,13-14,16-17,19H2,(H,31,37). The number of piperazine rings is 1. The lowest BCUT2D eigenvalue weighted by atomic mass is 10.1.